The minimum absolute atomic E-state index is 0.0138. The second-order valence-corrected chi connectivity index (χ2v) is 10.9. The van der Waals surface area contributed by atoms with Gasteiger partial charge in [-0.25, -0.2) is 9.97 Å². The highest BCUT2D eigenvalue weighted by Crippen LogP contribution is 2.42. The maximum Gasteiger partial charge on any atom is 0.421 e. The Morgan fingerprint density at radius 2 is 1.97 bits per heavy atom. The number of alkyl halides is 3. The largest absolute Gasteiger partial charge is 0.421 e. The zero-order valence-electron chi connectivity index (χ0n) is 20.7. The Bertz CT molecular complexity index is 1380. The molecule has 3 aromatic rings. The number of aliphatic hydroxyl groups is 1. The molecule has 2 atom stereocenters. The van der Waals surface area contributed by atoms with Gasteiger partial charge in [-0.15, -0.1) is 0 Å². The number of hydrogen-bond acceptors (Lipinski definition) is 6. The van der Waals surface area contributed by atoms with Gasteiger partial charge in [-0.2, -0.15) is 18.4 Å². The van der Waals surface area contributed by atoms with E-state index >= 15 is 0 Å². The summed E-state index contributed by atoms with van der Waals surface area (Å²) in [5.74, 6) is 1.41. The zero-order valence-corrected chi connectivity index (χ0v) is 22.2. The molecule has 2 saturated heterocycles. The molecule has 38 heavy (non-hydrogen) atoms. The summed E-state index contributed by atoms with van der Waals surface area (Å²) in [4.78, 5) is 13.1. The third kappa shape index (κ3) is 4.93. The van der Waals surface area contributed by atoms with E-state index in [9.17, 15) is 23.5 Å². The van der Waals surface area contributed by atoms with Crippen molar-refractivity contribution in [1.82, 2.24) is 19.4 Å². The Labute approximate surface area is 228 Å². The van der Waals surface area contributed by atoms with E-state index in [1.165, 1.54) is 16.8 Å². The number of anilines is 1. The van der Waals surface area contributed by atoms with Crippen LogP contribution in [0.3, 0.4) is 0 Å². The molecule has 4 heterocycles. The van der Waals surface area contributed by atoms with E-state index in [2.05, 4.69) is 14.9 Å². The van der Waals surface area contributed by atoms with E-state index in [1.54, 1.807) is 25.1 Å². The van der Waals surface area contributed by atoms with Crippen molar-refractivity contribution in [1.29, 1.82) is 5.26 Å². The average molecular weight is 567 g/mol. The first-order chi connectivity index (χ1) is 18.1. The molecule has 0 aliphatic carbocycles. The van der Waals surface area contributed by atoms with E-state index in [1.807, 2.05) is 4.90 Å². The van der Waals surface area contributed by atoms with Crippen LogP contribution in [-0.4, -0.2) is 63.9 Å². The molecule has 0 saturated carbocycles. The van der Waals surface area contributed by atoms with Crippen molar-refractivity contribution in [2.24, 2.45) is 11.8 Å². The number of rotatable bonds is 6. The zero-order chi connectivity index (χ0) is 27.2. The number of nitrogens with zero attached hydrogens (tertiary/aromatic N) is 6. The Morgan fingerprint density at radius 1 is 1.21 bits per heavy atom. The first-order valence-corrected chi connectivity index (χ1v) is 13.3. The van der Waals surface area contributed by atoms with Crippen molar-refractivity contribution in [3.8, 4) is 6.07 Å². The lowest BCUT2D eigenvalue weighted by Crippen LogP contribution is -2.54. The number of hydrogen-bond donors (Lipinski definition) is 1. The number of fused-ring (bicyclic) bond motifs is 1. The van der Waals surface area contributed by atoms with Crippen LogP contribution >= 0.6 is 23.2 Å². The Hall–Kier alpha value is -2.58. The highest BCUT2D eigenvalue weighted by atomic mass is 35.5. The van der Waals surface area contributed by atoms with Gasteiger partial charge in [-0.1, -0.05) is 29.3 Å². The van der Waals surface area contributed by atoms with Crippen molar-refractivity contribution < 1.29 is 18.3 Å². The van der Waals surface area contributed by atoms with Gasteiger partial charge in [0.05, 0.1) is 18.8 Å². The molecule has 1 N–H and O–H groups in total. The minimum atomic E-state index is -4.79. The van der Waals surface area contributed by atoms with E-state index in [-0.39, 0.29) is 22.8 Å². The molecule has 2 aliphatic heterocycles. The molecule has 0 spiro atoms. The minimum Gasteiger partial charge on any atom is -0.395 e. The summed E-state index contributed by atoms with van der Waals surface area (Å²) in [5.41, 5.74) is -1.52. The van der Waals surface area contributed by atoms with Crippen molar-refractivity contribution in [2.75, 3.05) is 44.2 Å². The van der Waals surface area contributed by atoms with Crippen LogP contribution in [0.25, 0.3) is 11.2 Å². The number of aromatic nitrogens is 3. The molecule has 2 aromatic heterocycles. The van der Waals surface area contributed by atoms with Crippen LogP contribution in [0.2, 0.25) is 10.0 Å². The SMILES string of the molecule is C[C@H](c1ccc(Cl)cc1Cl)n1c(C#N)c(C(F)(F)F)c2ncc(N3CC([C@H]4CCCN(CCO)C4)C3)nc21. The molecule has 5 rings (SSSR count). The van der Waals surface area contributed by atoms with Crippen molar-refractivity contribution in [2.45, 2.75) is 32.0 Å². The molecule has 12 heteroatoms. The molecule has 0 bridgehead atoms. The Kier molecular flexibility index (Phi) is 7.48. The molecule has 2 aliphatic rings. The predicted octanol–water partition coefficient (Wildman–Crippen LogP) is 5.38. The lowest BCUT2D eigenvalue weighted by Gasteiger charge is -2.47. The third-order valence-electron chi connectivity index (χ3n) is 7.73. The summed E-state index contributed by atoms with van der Waals surface area (Å²) < 4.78 is 43.7. The Morgan fingerprint density at radius 3 is 2.63 bits per heavy atom. The maximum absolute atomic E-state index is 14.2. The van der Waals surface area contributed by atoms with Crippen LogP contribution in [0.5, 0.6) is 0 Å². The topological polar surface area (TPSA) is 81.2 Å². The number of nitriles is 1. The monoisotopic (exact) mass is 566 g/mol. The van der Waals surface area contributed by atoms with Gasteiger partial charge in [0, 0.05) is 36.2 Å². The molecule has 2 fully saturated rings. The van der Waals surface area contributed by atoms with E-state index in [0.29, 0.717) is 34.8 Å². The quantitative estimate of drug-likeness (QED) is 0.431. The van der Waals surface area contributed by atoms with Gasteiger partial charge in [0.1, 0.15) is 28.7 Å². The number of halogens is 5. The number of aliphatic hydroxyl groups excluding tert-OH is 1. The summed E-state index contributed by atoms with van der Waals surface area (Å²) >= 11 is 12.4. The summed E-state index contributed by atoms with van der Waals surface area (Å²) in [6, 6.07) is 5.76. The molecule has 0 amide bonds. The second-order valence-electron chi connectivity index (χ2n) is 10.0. The van der Waals surface area contributed by atoms with Crippen LogP contribution < -0.4 is 4.90 Å². The maximum atomic E-state index is 14.2. The van der Waals surface area contributed by atoms with E-state index in [0.717, 1.165) is 39.0 Å². The van der Waals surface area contributed by atoms with Gasteiger partial charge in [0.2, 0.25) is 0 Å². The predicted molar refractivity (Wildman–Crippen MR) is 139 cm³/mol. The van der Waals surface area contributed by atoms with E-state index in [4.69, 9.17) is 23.2 Å². The van der Waals surface area contributed by atoms with Crippen LogP contribution in [0.15, 0.2) is 24.4 Å². The van der Waals surface area contributed by atoms with Crippen molar-refractivity contribution >= 4 is 40.2 Å². The Balaban J connectivity index is 1.50. The molecule has 0 unspecified atom stereocenters. The van der Waals surface area contributed by atoms with Crippen molar-refractivity contribution in [3.05, 3.63) is 51.3 Å². The van der Waals surface area contributed by atoms with Crippen LogP contribution in [-0.2, 0) is 6.18 Å². The summed E-state index contributed by atoms with van der Waals surface area (Å²) in [6.07, 6.45) is -1.23. The summed E-state index contributed by atoms with van der Waals surface area (Å²) in [5, 5.41) is 19.8. The smallest absolute Gasteiger partial charge is 0.395 e. The summed E-state index contributed by atoms with van der Waals surface area (Å²) in [7, 11) is 0. The highest BCUT2D eigenvalue weighted by Gasteiger charge is 2.42. The fourth-order valence-corrected chi connectivity index (χ4v) is 6.33. The first-order valence-electron chi connectivity index (χ1n) is 12.5. The van der Waals surface area contributed by atoms with Crippen LogP contribution in [0, 0.1) is 23.2 Å². The molecular formula is C26H27Cl2F3N6O. The number of β-amino-alcohol motifs (C(OH)–C–C–N with tert-alkyl or cyclic N) is 1. The van der Waals surface area contributed by atoms with E-state index < -0.39 is 23.5 Å². The highest BCUT2D eigenvalue weighted by molar-refractivity contribution is 6.35. The first kappa shape index (κ1) is 27.0. The standard InChI is InChI=1S/C26H27Cl2F3N6O/c1-15(19-5-4-18(27)9-20(19)28)37-21(10-32)23(26(29,30)31)24-25(37)34-22(11-33-24)36-13-17(14-36)16-3-2-6-35(12-16)7-8-38/h4-5,9,11,15-17,38H,2-3,6-8,12-14H2,1H3/t15-,16+/m1/s1. The lowest BCUT2D eigenvalue weighted by atomic mass is 9.80. The lowest BCUT2D eigenvalue weighted by molar-refractivity contribution is -0.136. The van der Waals surface area contributed by atoms with Gasteiger partial charge >= 0.3 is 6.18 Å². The number of benzene rings is 1. The molecule has 7 nitrogen and oxygen atoms in total. The van der Waals surface area contributed by atoms with Gasteiger partial charge in [-0.3, -0.25) is 0 Å². The normalized spacial score (nSPS) is 19.9. The van der Waals surface area contributed by atoms with Crippen LogP contribution in [0.4, 0.5) is 19.0 Å². The second kappa shape index (κ2) is 10.5. The molecular weight excluding hydrogens is 540 g/mol. The van der Waals surface area contributed by atoms with Crippen LogP contribution in [0.1, 0.15) is 42.6 Å². The molecule has 202 valence electrons. The average Bonchev–Trinajstić information content (AvgIpc) is 3.17. The van der Waals surface area contributed by atoms with Gasteiger partial charge in [0.25, 0.3) is 0 Å². The van der Waals surface area contributed by atoms with Gasteiger partial charge in [0.15, 0.2) is 5.65 Å². The molecule has 1 aromatic carbocycles. The number of piperidine rings is 1. The van der Waals surface area contributed by atoms with Gasteiger partial charge in [-0.05, 0) is 55.8 Å². The third-order valence-corrected chi connectivity index (χ3v) is 8.29. The molecule has 0 radical (unpaired) electrons. The summed E-state index contributed by atoms with van der Waals surface area (Å²) in [6.45, 7) is 5.87. The van der Waals surface area contributed by atoms with Crippen molar-refractivity contribution in [3.63, 3.8) is 0 Å². The number of likely N-dealkylation sites (tertiary alicyclic amines) is 1. The fourth-order valence-electron chi connectivity index (χ4n) is 5.76. The fraction of sp³-hybridized carbons (Fsp3) is 0.500. The van der Waals surface area contributed by atoms with Gasteiger partial charge < -0.3 is 19.5 Å².